The predicted molar refractivity (Wildman–Crippen MR) is 92.1 cm³/mol. The van der Waals surface area contributed by atoms with Gasteiger partial charge >= 0.3 is 0 Å². The molecule has 0 aliphatic carbocycles. The van der Waals surface area contributed by atoms with Gasteiger partial charge in [0.25, 0.3) is 5.91 Å². The summed E-state index contributed by atoms with van der Waals surface area (Å²) in [5.74, 6) is 0.358. The first-order valence-electron chi connectivity index (χ1n) is 8.82. The number of piperidine rings is 1. The maximum Gasteiger partial charge on any atom is 0.290 e. The van der Waals surface area contributed by atoms with E-state index < -0.39 is 0 Å². The average molecular weight is 341 g/mol. The number of likely N-dealkylation sites (tertiary alicyclic amines) is 1. The minimum atomic E-state index is -0.0427. The summed E-state index contributed by atoms with van der Waals surface area (Å²) in [7, 11) is 0. The highest BCUT2D eigenvalue weighted by Crippen LogP contribution is 2.25. The summed E-state index contributed by atoms with van der Waals surface area (Å²) in [5.41, 5.74) is 2.10. The zero-order valence-electron chi connectivity index (χ0n) is 14.4. The number of hydrogen-bond acceptors (Lipinski definition) is 5. The van der Waals surface area contributed by atoms with Crippen LogP contribution in [-0.2, 0) is 11.3 Å². The number of nitrogens with zero attached hydrogens (tertiary/aromatic N) is 3. The Labute approximate surface area is 147 Å². The molecule has 6 heteroatoms. The summed E-state index contributed by atoms with van der Waals surface area (Å²) in [4.78, 5) is 21.6. The zero-order valence-corrected chi connectivity index (χ0v) is 14.4. The van der Waals surface area contributed by atoms with Crippen molar-refractivity contribution in [3.8, 4) is 0 Å². The Hall–Kier alpha value is -2.18. The number of aromatic nitrogens is 1. The smallest absolute Gasteiger partial charge is 0.290 e. The van der Waals surface area contributed by atoms with Gasteiger partial charge in [0.2, 0.25) is 0 Å². The van der Waals surface area contributed by atoms with Crippen LogP contribution in [0.2, 0.25) is 0 Å². The maximum atomic E-state index is 12.8. The second-order valence-electron chi connectivity index (χ2n) is 6.75. The van der Waals surface area contributed by atoms with E-state index in [9.17, 15) is 4.79 Å². The number of rotatable bonds is 3. The van der Waals surface area contributed by atoms with Gasteiger partial charge in [-0.15, -0.1) is 0 Å². The summed E-state index contributed by atoms with van der Waals surface area (Å²) < 4.78 is 11.2. The first kappa shape index (κ1) is 16.3. The highest BCUT2D eigenvalue weighted by atomic mass is 16.5. The first-order chi connectivity index (χ1) is 12.2. The summed E-state index contributed by atoms with van der Waals surface area (Å²) in [6.07, 6.45) is 2.58. The first-order valence-corrected chi connectivity index (χ1v) is 8.82. The van der Waals surface area contributed by atoms with Crippen molar-refractivity contribution in [2.75, 3.05) is 26.2 Å². The fraction of sp³-hybridized carbons (Fsp3) is 0.474. The summed E-state index contributed by atoms with van der Waals surface area (Å²) >= 11 is 0. The Morgan fingerprint density at radius 3 is 3.00 bits per heavy atom. The Bertz CT molecular complexity index is 731. The quantitative estimate of drug-likeness (QED) is 0.856. The largest absolute Gasteiger partial charge is 0.459 e. The van der Waals surface area contributed by atoms with E-state index in [2.05, 4.69) is 16.0 Å². The number of furan rings is 1. The molecule has 0 unspecified atom stereocenters. The molecule has 2 aliphatic heterocycles. The molecule has 4 rings (SSSR count). The highest BCUT2D eigenvalue weighted by molar-refractivity contribution is 5.91. The molecule has 1 amide bonds. The molecule has 6 nitrogen and oxygen atoms in total. The predicted octanol–water partition coefficient (Wildman–Crippen LogP) is 2.10. The van der Waals surface area contributed by atoms with Gasteiger partial charge < -0.3 is 14.1 Å². The van der Waals surface area contributed by atoms with Gasteiger partial charge in [0.15, 0.2) is 5.76 Å². The molecule has 0 aromatic carbocycles. The number of pyridine rings is 1. The van der Waals surface area contributed by atoms with Crippen molar-refractivity contribution in [2.24, 2.45) is 0 Å². The number of morpholine rings is 1. The van der Waals surface area contributed by atoms with Gasteiger partial charge in [0.05, 0.1) is 30.7 Å². The number of ether oxygens (including phenoxy) is 1. The van der Waals surface area contributed by atoms with Crippen LogP contribution in [0.5, 0.6) is 0 Å². The van der Waals surface area contributed by atoms with Gasteiger partial charge in [-0.05, 0) is 37.6 Å². The monoisotopic (exact) mass is 341 g/mol. The minimum absolute atomic E-state index is 0.0427. The van der Waals surface area contributed by atoms with E-state index in [1.54, 1.807) is 18.4 Å². The number of aryl methyl sites for hydroxylation is 1. The molecular weight excluding hydrogens is 318 g/mol. The van der Waals surface area contributed by atoms with Crippen molar-refractivity contribution >= 4 is 5.91 Å². The van der Waals surface area contributed by atoms with Crippen molar-refractivity contribution in [1.29, 1.82) is 0 Å². The van der Waals surface area contributed by atoms with E-state index in [1.165, 1.54) is 0 Å². The number of hydrogen-bond donors (Lipinski definition) is 0. The van der Waals surface area contributed by atoms with E-state index in [-0.39, 0.29) is 18.1 Å². The van der Waals surface area contributed by atoms with Gasteiger partial charge in [-0.3, -0.25) is 14.7 Å². The lowest BCUT2D eigenvalue weighted by Crippen LogP contribution is -2.61. The third kappa shape index (κ3) is 3.45. The fourth-order valence-corrected chi connectivity index (χ4v) is 3.79. The van der Waals surface area contributed by atoms with Crippen molar-refractivity contribution in [1.82, 2.24) is 14.8 Å². The molecule has 0 saturated carbocycles. The molecule has 0 N–H and O–H groups in total. The van der Waals surface area contributed by atoms with Crippen molar-refractivity contribution in [2.45, 2.75) is 32.0 Å². The molecule has 0 radical (unpaired) electrons. The lowest BCUT2D eigenvalue weighted by Gasteiger charge is -2.46. The summed E-state index contributed by atoms with van der Waals surface area (Å²) in [6, 6.07) is 9.65. The van der Waals surface area contributed by atoms with E-state index in [0.717, 1.165) is 37.4 Å². The molecule has 132 valence electrons. The van der Waals surface area contributed by atoms with Crippen LogP contribution < -0.4 is 0 Å². The van der Waals surface area contributed by atoms with Gasteiger partial charge in [-0.2, -0.15) is 0 Å². The van der Waals surface area contributed by atoms with E-state index in [1.807, 2.05) is 24.0 Å². The van der Waals surface area contributed by atoms with Gasteiger partial charge in [-0.25, -0.2) is 0 Å². The van der Waals surface area contributed by atoms with Gasteiger partial charge in [0, 0.05) is 31.9 Å². The second-order valence-corrected chi connectivity index (χ2v) is 6.75. The Balaban J connectivity index is 1.48. The van der Waals surface area contributed by atoms with Gasteiger partial charge in [0.1, 0.15) is 0 Å². The van der Waals surface area contributed by atoms with Crippen LogP contribution in [-0.4, -0.2) is 59.1 Å². The second kappa shape index (κ2) is 6.98. The molecule has 0 bridgehead atoms. The van der Waals surface area contributed by atoms with Crippen LogP contribution in [0.3, 0.4) is 0 Å². The standard InChI is InChI=1S/C19H23N3O3/c1-14-4-2-5-15(20-14)12-21-8-7-17-16(13-21)22(9-11-25-17)19(23)18-6-3-10-24-18/h2-6,10,16-17H,7-9,11-13H2,1H3/t16-,17-/m1/s1. The number of fused-ring (bicyclic) bond motifs is 1. The minimum Gasteiger partial charge on any atom is -0.459 e. The molecule has 4 heterocycles. The molecule has 2 aromatic heterocycles. The average Bonchev–Trinajstić information content (AvgIpc) is 3.15. The molecule has 25 heavy (non-hydrogen) atoms. The molecule has 0 spiro atoms. The number of carbonyl (C=O) groups is 1. The van der Waals surface area contributed by atoms with Crippen molar-refractivity contribution < 1.29 is 13.9 Å². The van der Waals surface area contributed by atoms with E-state index in [0.29, 0.717) is 18.9 Å². The van der Waals surface area contributed by atoms with Crippen LogP contribution in [0.25, 0.3) is 0 Å². The Kier molecular flexibility index (Phi) is 4.55. The molecule has 2 saturated heterocycles. The highest BCUT2D eigenvalue weighted by Gasteiger charge is 2.40. The molecular formula is C19H23N3O3. The normalized spacial score (nSPS) is 24.1. The lowest BCUT2D eigenvalue weighted by molar-refractivity contribution is -0.0921. The molecule has 2 aromatic rings. The van der Waals surface area contributed by atoms with Crippen molar-refractivity contribution in [3.63, 3.8) is 0 Å². The topological polar surface area (TPSA) is 58.8 Å². The summed E-state index contributed by atoms with van der Waals surface area (Å²) in [6.45, 7) is 5.76. The van der Waals surface area contributed by atoms with Crippen LogP contribution in [0.4, 0.5) is 0 Å². The lowest BCUT2D eigenvalue weighted by atomic mass is 9.98. The third-order valence-electron chi connectivity index (χ3n) is 4.99. The van der Waals surface area contributed by atoms with Crippen LogP contribution >= 0.6 is 0 Å². The van der Waals surface area contributed by atoms with Crippen LogP contribution in [0.1, 0.15) is 28.4 Å². The number of carbonyl (C=O) groups excluding carboxylic acids is 1. The summed E-state index contributed by atoms with van der Waals surface area (Å²) in [5, 5.41) is 0. The number of amides is 1. The van der Waals surface area contributed by atoms with Crippen LogP contribution in [0.15, 0.2) is 41.0 Å². The molecule has 2 fully saturated rings. The van der Waals surface area contributed by atoms with Crippen molar-refractivity contribution in [3.05, 3.63) is 53.7 Å². The third-order valence-corrected chi connectivity index (χ3v) is 4.99. The maximum absolute atomic E-state index is 12.8. The fourth-order valence-electron chi connectivity index (χ4n) is 3.79. The Morgan fingerprint density at radius 1 is 1.28 bits per heavy atom. The van der Waals surface area contributed by atoms with Gasteiger partial charge in [-0.1, -0.05) is 6.07 Å². The molecule has 2 aliphatic rings. The SMILES string of the molecule is Cc1cccc(CN2CC[C@H]3OCCN(C(=O)c4ccco4)[C@@H]3C2)n1. The Morgan fingerprint density at radius 2 is 2.20 bits per heavy atom. The van der Waals surface area contributed by atoms with E-state index >= 15 is 0 Å². The molecule has 2 atom stereocenters. The van der Waals surface area contributed by atoms with Crippen LogP contribution in [0, 0.1) is 6.92 Å². The van der Waals surface area contributed by atoms with E-state index in [4.69, 9.17) is 9.15 Å². The zero-order chi connectivity index (χ0) is 17.2.